The molecule has 0 aliphatic carbocycles. The third-order valence-electron chi connectivity index (χ3n) is 2.56. The Morgan fingerprint density at radius 2 is 1.89 bits per heavy atom. The smallest absolute Gasteiger partial charge is 0.238 e. The summed E-state index contributed by atoms with van der Waals surface area (Å²) >= 11 is 9.36. The minimum absolute atomic E-state index is 0.348. The lowest BCUT2D eigenvalue weighted by molar-refractivity contribution is 0.456. The van der Waals surface area contributed by atoms with Crippen LogP contribution in [0.5, 0.6) is 11.6 Å². The summed E-state index contributed by atoms with van der Waals surface area (Å²) in [6, 6.07) is 7.38. The van der Waals surface area contributed by atoms with Crippen LogP contribution in [0.4, 0.5) is 0 Å². The quantitative estimate of drug-likeness (QED) is 0.792. The normalized spacial score (nSPS) is 10.1. The Morgan fingerprint density at radius 3 is 2.42 bits per heavy atom. The van der Waals surface area contributed by atoms with Gasteiger partial charge in [0, 0.05) is 10.7 Å². The van der Waals surface area contributed by atoms with Crippen molar-refractivity contribution in [1.29, 1.82) is 5.26 Å². The van der Waals surface area contributed by atoms with Crippen LogP contribution >= 0.6 is 27.5 Å². The minimum Gasteiger partial charge on any atom is -0.437 e. The second-order valence-corrected chi connectivity index (χ2v) is 5.42. The molecule has 0 atom stereocenters. The molecule has 2 aromatic rings. The maximum absolute atomic E-state index is 8.91. The Hall–Kier alpha value is -1.57. The van der Waals surface area contributed by atoms with Gasteiger partial charge in [0.1, 0.15) is 10.8 Å². The SMILES string of the molecule is Cc1cc(C#N)cc(C)c1Oc1ncc(Br)cc1Cl. The molecular formula is C14H10BrClN2O. The molecule has 0 amide bonds. The van der Waals surface area contributed by atoms with E-state index in [0.717, 1.165) is 15.6 Å². The van der Waals surface area contributed by atoms with Crippen LogP contribution in [0.3, 0.4) is 0 Å². The number of aryl methyl sites for hydroxylation is 2. The highest BCUT2D eigenvalue weighted by Crippen LogP contribution is 2.33. The molecule has 19 heavy (non-hydrogen) atoms. The van der Waals surface area contributed by atoms with Crippen LogP contribution in [0.2, 0.25) is 5.02 Å². The monoisotopic (exact) mass is 336 g/mol. The van der Waals surface area contributed by atoms with Crippen LogP contribution < -0.4 is 4.74 Å². The largest absolute Gasteiger partial charge is 0.437 e. The maximum atomic E-state index is 8.91. The predicted octanol–water partition coefficient (Wildman–Crippen LogP) is 4.78. The van der Waals surface area contributed by atoms with Crippen molar-refractivity contribution in [2.75, 3.05) is 0 Å². The first kappa shape index (κ1) is 13.9. The molecule has 5 heteroatoms. The molecule has 0 saturated carbocycles. The van der Waals surface area contributed by atoms with Gasteiger partial charge in [0.25, 0.3) is 0 Å². The van der Waals surface area contributed by atoms with E-state index in [1.165, 1.54) is 0 Å². The van der Waals surface area contributed by atoms with Gasteiger partial charge in [0.2, 0.25) is 5.88 Å². The summed E-state index contributed by atoms with van der Waals surface area (Å²) < 4.78 is 6.54. The molecule has 1 aromatic carbocycles. The van der Waals surface area contributed by atoms with Crippen molar-refractivity contribution in [3.05, 3.63) is 50.6 Å². The first-order chi connectivity index (χ1) is 9.01. The molecule has 1 aromatic heterocycles. The van der Waals surface area contributed by atoms with E-state index >= 15 is 0 Å². The fourth-order valence-electron chi connectivity index (χ4n) is 1.75. The third kappa shape index (κ3) is 3.06. The first-order valence-electron chi connectivity index (χ1n) is 5.51. The molecule has 2 rings (SSSR count). The zero-order chi connectivity index (χ0) is 14.0. The van der Waals surface area contributed by atoms with E-state index in [4.69, 9.17) is 21.6 Å². The summed E-state index contributed by atoms with van der Waals surface area (Å²) in [5, 5.41) is 9.34. The van der Waals surface area contributed by atoms with E-state index in [1.54, 1.807) is 24.4 Å². The van der Waals surface area contributed by atoms with Crippen LogP contribution in [-0.4, -0.2) is 4.98 Å². The molecule has 96 valence electrons. The standard InChI is InChI=1S/C14H10BrClN2O/c1-8-3-10(6-17)4-9(2)13(8)19-14-12(16)5-11(15)7-18-14/h3-5,7H,1-2H3. The lowest BCUT2D eigenvalue weighted by Crippen LogP contribution is -1.95. The molecule has 0 saturated heterocycles. The van der Waals surface area contributed by atoms with Crippen molar-refractivity contribution in [2.24, 2.45) is 0 Å². The van der Waals surface area contributed by atoms with Gasteiger partial charge in [0.05, 0.1) is 11.6 Å². The number of hydrogen-bond acceptors (Lipinski definition) is 3. The van der Waals surface area contributed by atoms with E-state index in [1.807, 2.05) is 13.8 Å². The number of nitriles is 1. The van der Waals surface area contributed by atoms with E-state index < -0.39 is 0 Å². The molecule has 0 N–H and O–H groups in total. The Balaban J connectivity index is 2.41. The number of rotatable bonds is 2. The van der Waals surface area contributed by atoms with E-state index in [-0.39, 0.29) is 0 Å². The van der Waals surface area contributed by atoms with Gasteiger partial charge in [-0.15, -0.1) is 0 Å². The Labute approximate surface area is 124 Å². The number of pyridine rings is 1. The van der Waals surface area contributed by atoms with Gasteiger partial charge >= 0.3 is 0 Å². The number of hydrogen-bond donors (Lipinski definition) is 0. The number of benzene rings is 1. The van der Waals surface area contributed by atoms with Crippen molar-refractivity contribution in [3.63, 3.8) is 0 Å². The summed E-state index contributed by atoms with van der Waals surface area (Å²) in [4.78, 5) is 4.13. The summed E-state index contributed by atoms with van der Waals surface area (Å²) in [6.45, 7) is 3.77. The van der Waals surface area contributed by atoms with Crippen molar-refractivity contribution >= 4 is 27.5 Å². The van der Waals surface area contributed by atoms with Crippen molar-refractivity contribution in [1.82, 2.24) is 4.98 Å². The van der Waals surface area contributed by atoms with Gasteiger partial charge in [-0.1, -0.05) is 11.6 Å². The topological polar surface area (TPSA) is 45.9 Å². The first-order valence-corrected chi connectivity index (χ1v) is 6.68. The second kappa shape index (κ2) is 5.60. The molecule has 0 fully saturated rings. The summed E-state index contributed by atoms with van der Waals surface area (Å²) in [5.41, 5.74) is 2.35. The van der Waals surface area contributed by atoms with Crippen LogP contribution in [-0.2, 0) is 0 Å². The van der Waals surface area contributed by atoms with Gasteiger partial charge < -0.3 is 4.74 Å². The molecule has 0 unspecified atom stereocenters. The Kier molecular flexibility index (Phi) is 4.08. The van der Waals surface area contributed by atoms with Gasteiger partial charge in [-0.25, -0.2) is 4.98 Å². The second-order valence-electron chi connectivity index (χ2n) is 4.09. The summed E-state index contributed by atoms with van der Waals surface area (Å²) in [7, 11) is 0. The average molecular weight is 338 g/mol. The Bertz CT molecular complexity index is 657. The predicted molar refractivity (Wildman–Crippen MR) is 77.7 cm³/mol. The maximum Gasteiger partial charge on any atom is 0.238 e. The van der Waals surface area contributed by atoms with Gasteiger partial charge in [-0.05, 0) is 59.1 Å². The minimum atomic E-state index is 0.348. The van der Waals surface area contributed by atoms with Crippen LogP contribution in [0.15, 0.2) is 28.9 Å². The van der Waals surface area contributed by atoms with E-state index in [9.17, 15) is 0 Å². The van der Waals surface area contributed by atoms with Gasteiger partial charge in [-0.3, -0.25) is 0 Å². The van der Waals surface area contributed by atoms with Crippen LogP contribution in [0.1, 0.15) is 16.7 Å². The lowest BCUT2D eigenvalue weighted by Gasteiger charge is -2.12. The lowest BCUT2D eigenvalue weighted by atomic mass is 10.1. The average Bonchev–Trinajstić information content (AvgIpc) is 2.35. The van der Waals surface area contributed by atoms with Crippen molar-refractivity contribution in [2.45, 2.75) is 13.8 Å². The third-order valence-corrected chi connectivity index (χ3v) is 3.27. The highest BCUT2D eigenvalue weighted by atomic mass is 79.9. The highest BCUT2D eigenvalue weighted by Gasteiger charge is 2.11. The van der Waals surface area contributed by atoms with Crippen molar-refractivity contribution in [3.8, 4) is 17.7 Å². The molecule has 0 aliphatic heterocycles. The fourth-order valence-corrected chi connectivity index (χ4v) is 2.42. The fraction of sp³-hybridized carbons (Fsp3) is 0.143. The summed E-state index contributed by atoms with van der Waals surface area (Å²) in [5.74, 6) is 1.02. The molecule has 0 aliphatic rings. The number of aromatic nitrogens is 1. The van der Waals surface area contributed by atoms with Crippen LogP contribution in [0.25, 0.3) is 0 Å². The summed E-state index contributed by atoms with van der Waals surface area (Å²) in [6.07, 6.45) is 1.62. The molecule has 1 heterocycles. The zero-order valence-corrected chi connectivity index (χ0v) is 12.7. The van der Waals surface area contributed by atoms with Crippen molar-refractivity contribution < 1.29 is 4.74 Å². The molecule has 3 nitrogen and oxygen atoms in total. The number of halogens is 2. The molecule has 0 bridgehead atoms. The van der Waals surface area contributed by atoms with Crippen LogP contribution in [0, 0.1) is 25.2 Å². The Morgan fingerprint density at radius 1 is 1.26 bits per heavy atom. The number of nitrogens with zero attached hydrogens (tertiary/aromatic N) is 2. The van der Waals surface area contributed by atoms with Gasteiger partial charge in [0.15, 0.2) is 0 Å². The molecule has 0 radical (unpaired) electrons. The number of ether oxygens (including phenoxy) is 1. The molecular weight excluding hydrogens is 328 g/mol. The zero-order valence-electron chi connectivity index (χ0n) is 10.4. The van der Waals surface area contributed by atoms with E-state index in [2.05, 4.69) is 27.0 Å². The van der Waals surface area contributed by atoms with E-state index in [0.29, 0.717) is 22.2 Å². The van der Waals surface area contributed by atoms with Gasteiger partial charge in [-0.2, -0.15) is 5.26 Å². The molecule has 0 spiro atoms. The highest BCUT2D eigenvalue weighted by molar-refractivity contribution is 9.10.